The summed E-state index contributed by atoms with van der Waals surface area (Å²) < 4.78 is 7.56. The van der Waals surface area contributed by atoms with E-state index in [2.05, 4.69) is 5.10 Å². The smallest absolute Gasteiger partial charge is 0.254 e. The number of aryl methyl sites for hydroxylation is 1. The lowest BCUT2D eigenvalue weighted by Crippen LogP contribution is -2.44. The van der Waals surface area contributed by atoms with Crippen LogP contribution in [0, 0.1) is 0 Å². The van der Waals surface area contributed by atoms with Gasteiger partial charge in [-0.05, 0) is 50.0 Å². The monoisotopic (exact) mass is 349 g/mol. The van der Waals surface area contributed by atoms with Crippen molar-refractivity contribution in [1.29, 1.82) is 0 Å². The number of amides is 1. The minimum absolute atomic E-state index is 0.0896. The summed E-state index contributed by atoms with van der Waals surface area (Å²) in [6.45, 7) is 1.65. The fraction of sp³-hybridized carbons (Fsp3) is 0.333. The van der Waals surface area contributed by atoms with Crippen molar-refractivity contribution in [2.45, 2.75) is 38.3 Å². The van der Waals surface area contributed by atoms with Gasteiger partial charge in [0.2, 0.25) is 0 Å². The van der Waals surface area contributed by atoms with Crippen LogP contribution in [0.1, 0.15) is 31.2 Å². The number of hydrogen-bond donors (Lipinski definition) is 0. The molecule has 3 heterocycles. The molecule has 5 heteroatoms. The van der Waals surface area contributed by atoms with Gasteiger partial charge < -0.3 is 9.64 Å². The zero-order valence-electron chi connectivity index (χ0n) is 14.8. The second kappa shape index (κ2) is 7.60. The molecule has 2 aromatic rings. The number of rotatable bonds is 4. The normalized spacial score (nSPS) is 19.3. The third kappa shape index (κ3) is 3.57. The first-order valence-corrected chi connectivity index (χ1v) is 9.23. The Kier molecular flexibility index (Phi) is 4.86. The van der Waals surface area contributed by atoms with E-state index in [0.29, 0.717) is 5.57 Å². The van der Waals surface area contributed by atoms with E-state index < -0.39 is 0 Å². The molecule has 4 rings (SSSR count). The number of likely N-dealkylation sites (tertiary alicyclic amines) is 1. The van der Waals surface area contributed by atoms with E-state index in [1.165, 1.54) is 6.42 Å². The molecule has 0 aliphatic carbocycles. The number of benzene rings is 1. The number of nitrogens with zero attached hydrogens (tertiary/aromatic N) is 3. The molecule has 0 N–H and O–H groups in total. The lowest BCUT2D eigenvalue weighted by Gasteiger charge is -2.36. The van der Waals surface area contributed by atoms with Crippen LogP contribution in [0.15, 0.2) is 60.6 Å². The molecule has 1 aromatic carbocycles. The maximum Gasteiger partial charge on any atom is 0.254 e. The third-order valence-corrected chi connectivity index (χ3v) is 5.06. The highest BCUT2D eigenvalue weighted by Crippen LogP contribution is 2.27. The van der Waals surface area contributed by atoms with Gasteiger partial charge in [-0.2, -0.15) is 5.10 Å². The first kappa shape index (κ1) is 16.6. The molecule has 2 aliphatic rings. The van der Waals surface area contributed by atoms with Crippen molar-refractivity contribution in [3.63, 3.8) is 0 Å². The molecule has 5 nitrogen and oxygen atoms in total. The SMILES string of the molecule is O=C(C1=Cc2ccccc2OC=C1)N1CCCC[C@@H]1CCn1cccn1. The molecule has 0 saturated carbocycles. The van der Waals surface area contributed by atoms with Crippen molar-refractivity contribution in [3.8, 4) is 5.75 Å². The Bertz CT molecular complexity index is 824. The number of para-hydroxylation sites is 1. The lowest BCUT2D eigenvalue weighted by atomic mass is 9.97. The highest BCUT2D eigenvalue weighted by Gasteiger charge is 2.28. The third-order valence-electron chi connectivity index (χ3n) is 5.06. The van der Waals surface area contributed by atoms with Crippen LogP contribution in [-0.4, -0.2) is 33.2 Å². The molecule has 1 amide bonds. The standard InChI is InChI=1S/C21H23N3O2/c25-21(18-10-15-26-20-8-2-1-6-17(20)16-18)24-13-4-3-7-19(24)9-14-23-12-5-11-22-23/h1-2,5-6,8,10-12,15-16,19H,3-4,7,9,13-14H2/t19-/m1/s1. The molecule has 2 aliphatic heterocycles. The Hall–Kier alpha value is -2.82. The van der Waals surface area contributed by atoms with Gasteiger partial charge in [0.25, 0.3) is 5.91 Å². The quantitative estimate of drug-likeness (QED) is 0.847. The molecule has 1 saturated heterocycles. The van der Waals surface area contributed by atoms with Gasteiger partial charge in [-0.25, -0.2) is 0 Å². The first-order chi connectivity index (χ1) is 12.8. The van der Waals surface area contributed by atoms with Gasteiger partial charge in [-0.15, -0.1) is 0 Å². The number of carbonyl (C=O) groups is 1. The van der Waals surface area contributed by atoms with E-state index >= 15 is 0 Å². The summed E-state index contributed by atoms with van der Waals surface area (Å²) in [5.74, 6) is 0.868. The van der Waals surface area contributed by atoms with Crippen LogP contribution < -0.4 is 4.74 Å². The van der Waals surface area contributed by atoms with Crippen LogP contribution in [0.4, 0.5) is 0 Å². The molecular formula is C21H23N3O2. The molecule has 134 valence electrons. The molecule has 0 unspecified atom stereocenters. The van der Waals surface area contributed by atoms with E-state index in [0.717, 1.165) is 43.7 Å². The Morgan fingerprint density at radius 3 is 3.04 bits per heavy atom. The largest absolute Gasteiger partial charge is 0.464 e. The van der Waals surface area contributed by atoms with E-state index in [1.54, 1.807) is 18.5 Å². The summed E-state index contributed by atoms with van der Waals surface area (Å²) in [5, 5.41) is 4.27. The van der Waals surface area contributed by atoms with Gasteiger partial charge in [0, 0.05) is 42.7 Å². The molecule has 0 radical (unpaired) electrons. The Morgan fingerprint density at radius 2 is 2.15 bits per heavy atom. The van der Waals surface area contributed by atoms with Crippen LogP contribution in [0.3, 0.4) is 0 Å². The Balaban J connectivity index is 1.52. The average Bonchev–Trinajstić information content (AvgIpc) is 3.11. The number of fused-ring (bicyclic) bond motifs is 1. The van der Waals surface area contributed by atoms with Crippen LogP contribution in [0.25, 0.3) is 6.08 Å². The molecule has 26 heavy (non-hydrogen) atoms. The van der Waals surface area contributed by atoms with Gasteiger partial charge in [0.1, 0.15) is 5.75 Å². The predicted octanol–water partition coefficient (Wildman–Crippen LogP) is 3.64. The van der Waals surface area contributed by atoms with Gasteiger partial charge in [0.15, 0.2) is 0 Å². The fourth-order valence-corrected chi connectivity index (χ4v) is 3.68. The first-order valence-electron chi connectivity index (χ1n) is 9.23. The molecule has 0 bridgehead atoms. The predicted molar refractivity (Wildman–Crippen MR) is 100 cm³/mol. The van der Waals surface area contributed by atoms with E-state index in [4.69, 9.17) is 4.74 Å². The summed E-state index contributed by atoms with van der Waals surface area (Å²) in [4.78, 5) is 15.3. The number of hydrogen-bond acceptors (Lipinski definition) is 3. The van der Waals surface area contributed by atoms with Crippen LogP contribution in [0.2, 0.25) is 0 Å². The molecule has 1 atom stereocenters. The Labute approximate surface area is 153 Å². The molecular weight excluding hydrogens is 326 g/mol. The minimum atomic E-state index is 0.0896. The minimum Gasteiger partial charge on any atom is -0.464 e. The fourth-order valence-electron chi connectivity index (χ4n) is 3.68. The molecule has 0 spiro atoms. The molecule has 1 aromatic heterocycles. The second-order valence-electron chi connectivity index (χ2n) is 6.76. The van der Waals surface area contributed by atoms with Crippen molar-refractivity contribution in [1.82, 2.24) is 14.7 Å². The molecule has 1 fully saturated rings. The summed E-state index contributed by atoms with van der Waals surface area (Å²) in [6, 6.07) is 9.97. The number of carbonyl (C=O) groups excluding carboxylic acids is 1. The van der Waals surface area contributed by atoms with Gasteiger partial charge >= 0.3 is 0 Å². The Morgan fingerprint density at radius 1 is 1.23 bits per heavy atom. The summed E-state index contributed by atoms with van der Waals surface area (Å²) in [6.07, 6.45) is 13.3. The maximum absolute atomic E-state index is 13.2. The van der Waals surface area contributed by atoms with Gasteiger partial charge in [-0.3, -0.25) is 9.48 Å². The van der Waals surface area contributed by atoms with Gasteiger partial charge in [-0.1, -0.05) is 18.2 Å². The second-order valence-corrected chi connectivity index (χ2v) is 6.76. The summed E-state index contributed by atoms with van der Waals surface area (Å²) >= 11 is 0. The van der Waals surface area contributed by atoms with Crippen LogP contribution in [0.5, 0.6) is 5.75 Å². The van der Waals surface area contributed by atoms with Gasteiger partial charge in [0.05, 0.1) is 6.26 Å². The van der Waals surface area contributed by atoms with Crippen molar-refractivity contribution < 1.29 is 9.53 Å². The van der Waals surface area contributed by atoms with Crippen LogP contribution in [-0.2, 0) is 11.3 Å². The van der Waals surface area contributed by atoms with E-state index in [-0.39, 0.29) is 11.9 Å². The van der Waals surface area contributed by atoms with Crippen molar-refractivity contribution in [3.05, 3.63) is 66.2 Å². The highest BCUT2D eigenvalue weighted by atomic mass is 16.5. The average molecular weight is 349 g/mol. The van der Waals surface area contributed by atoms with E-state index in [9.17, 15) is 4.79 Å². The number of aromatic nitrogens is 2. The zero-order valence-corrected chi connectivity index (χ0v) is 14.8. The number of piperidine rings is 1. The maximum atomic E-state index is 13.2. The summed E-state index contributed by atoms with van der Waals surface area (Å²) in [7, 11) is 0. The zero-order chi connectivity index (χ0) is 17.8. The van der Waals surface area contributed by atoms with Crippen molar-refractivity contribution >= 4 is 12.0 Å². The highest BCUT2D eigenvalue weighted by molar-refractivity contribution is 6.01. The number of ether oxygens (including phenoxy) is 1. The topological polar surface area (TPSA) is 47.4 Å². The van der Waals surface area contributed by atoms with Crippen molar-refractivity contribution in [2.75, 3.05) is 6.54 Å². The van der Waals surface area contributed by atoms with Crippen molar-refractivity contribution in [2.24, 2.45) is 0 Å². The summed E-state index contributed by atoms with van der Waals surface area (Å²) in [5.41, 5.74) is 1.62. The lowest BCUT2D eigenvalue weighted by molar-refractivity contribution is -0.130. The van der Waals surface area contributed by atoms with E-state index in [1.807, 2.05) is 52.2 Å². The van der Waals surface area contributed by atoms with Crippen LogP contribution >= 0.6 is 0 Å².